The Hall–Kier alpha value is -1.81. The molecule has 0 saturated heterocycles. The third-order valence-electron chi connectivity index (χ3n) is 3.14. The Labute approximate surface area is 121 Å². The zero-order valence-corrected chi connectivity index (χ0v) is 12.0. The quantitative estimate of drug-likeness (QED) is 0.920. The minimum absolute atomic E-state index is 0.0579. The molecule has 0 radical (unpaired) electrons. The molecule has 0 aliphatic heterocycles. The van der Waals surface area contributed by atoms with E-state index in [-0.39, 0.29) is 16.6 Å². The van der Waals surface area contributed by atoms with Crippen molar-refractivity contribution in [1.82, 2.24) is 4.57 Å². The zero-order valence-electron chi connectivity index (χ0n) is 11.2. The Bertz CT molecular complexity index is 649. The van der Waals surface area contributed by atoms with Gasteiger partial charge < -0.3 is 9.67 Å². The summed E-state index contributed by atoms with van der Waals surface area (Å²) >= 11 is 5.64. The van der Waals surface area contributed by atoms with Crippen LogP contribution in [-0.2, 0) is 6.54 Å². The second kappa shape index (κ2) is 5.67. The van der Waals surface area contributed by atoms with Gasteiger partial charge in [0.15, 0.2) is 0 Å². The Balaban J connectivity index is 2.36. The second-order valence-corrected chi connectivity index (χ2v) is 5.40. The van der Waals surface area contributed by atoms with E-state index in [1.54, 1.807) is 22.9 Å². The average Bonchev–Trinajstić information content (AvgIpc) is 2.78. The SMILES string of the molecule is CC(C)c1cc(C(=O)O)n(Cc2ccc(Cl)c(F)c2)c1. The Morgan fingerprint density at radius 1 is 1.40 bits per heavy atom. The van der Waals surface area contributed by atoms with Crippen molar-refractivity contribution >= 4 is 17.6 Å². The highest BCUT2D eigenvalue weighted by Gasteiger charge is 2.14. The summed E-state index contributed by atoms with van der Waals surface area (Å²) in [4.78, 5) is 11.3. The van der Waals surface area contributed by atoms with Crippen LogP contribution in [0.1, 0.15) is 41.4 Å². The molecular weight excluding hydrogens is 281 g/mol. The predicted molar refractivity (Wildman–Crippen MR) is 76.0 cm³/mol. The van der Waals surface area contributed by atoms with Gasteiger partial charge in [0, 0.05) is 12.7 Å². The normalized spacial score (nSPS) is 11.1. The molecule has 2 aromatic rings. The zero-order chi connectivity index (χ0) is 14.9. The summed E-state index contributed by atoms with van der Waals surface area (Å²) in [5, 5.41) is 9.28. The van der Waals surface area contributed by atoms with E-state index in [1.165, 1.54) is 12.1 Å². The minimum Gasteiger partial charge on any atom is -0.477 e. The largest absolute Gasteiger partial charge is 0.477 e. The fourth-order valence-electron chi connectivity index (χ4n) is 1.99. The molecule has 106 valence electrons. The molecule has 1 heterocycles. The molecule has 0 aliphatic rings. The van der Waals surface area contributed by atoms with Crippen LogP contribution in [0.25, 0.3) is 0 Å². The molecule has 1 aromatic carbocycles. The number of carbonyl (C=O) groups is 1. The summed E-state index contributed by atoms with van der Waals surface area (Å²) in [6, 6.07) is 6.13. The predicted octanol–water partition coefficient (Wildman–Crippen LogP) is 4.15. The maximum absolute atomic E-state index is 13.4. The highest BCUT2D eigenvalue weighted by atomic mass is 35.5. The molecule has 1 N–H and O–H groups in total. The molecule has 20 heavy (non-hydrogen) atoms. The van der Waals surface area contributed by atoms with Gasteiger partial charge in [0.1, 0.15) is 11.5 Å². The smallest absolute Gasteiger partial charge is 0.352 e. The first kappa shape index (κ1) is 14.6. The van der Waals surface area contributed by atoms with Crippen molar-refractivity contribution in [3.63, 3.8) is 0 Å². The van der Waals surface area contributed by atoms with E-state index in [4.69, 9.17) is 11.6 Å². The van der Waals surface area contributed by atoms with Crippen LogP contribution in [0, 0.1) is 5.82 Å². The summed E-state index contributed by atoms with van der Waals surface area (Å²) < 4.78 is 15.0. The highest BCUT2D eigenvalue weighted by Crippen LogP contribution is 2.21. The number of carboxylic acid groups (broad SMARTS) is 1. The van der Waals surface area contributed by atoms with Crippen LogP contribution in [0.3, 0.4) is 0 Å². The van der Waals surface area contributed by atoms with Crippen LogP contribution in [0.2, 0.25) is 5.02 Å². The molecule has 5 heteroatoms. The molecule has 0 fully saturated rings. The summed E-state index contributed by atoms with van der Waals surface area (Å²) in [5.41, 5.74) is 1.81. The molecular formula is C15H15ClFNO2. The molecule has 2 rings (SSSR count). The Morgan fingerprint density at radius 2 is 2.10 bits per heavy atom. The second-order valence-electron chi connectivity index (χ2n) is 4.99. The van der Waals surface area contributed by atoms with E-state index in [9.17, 15) is 14.3 Å². The number of rotatable bonds is 4. The fraction of sp³-hybridized carbons (Fsp3) is 0.267. The van der Waals surface area contributed by atoms with Crippen molar-refractivity contribution in [2.75, 3.05) is 0 Å². The third kappa shape index (κ3) is 3.02. The number of nitrogens with zero attached hydrogens (tertiary/aromatic N) is 1. The Morgan fingerprint density at radius 3 is 2.65 bits per heavy atom. The third-order valence-corrected chi connectivity index (χ3v) is 3.45. The van der Waals surface area contributed by atoms with Crippen LogP contribution in [-0.4, -0.2) is 15.6 Å². The van der Waals surface area contributed by atoms with Crippen LogP contribution in [0.4, 0.5) is 4.39 Å². The highest BCUT2D eigenvalue weighted by molar-refractivity contribution is 6.30. The van der Waals surface area contributed by atoms with Gasteiger partial charge in [-0.2, -0.15) is 0 Å². The lowest BCUT2D eigenvalue weighted by molar-refractivity contribution is 0.0685. The summed E-state index contributed by atoms with van der Waals surface area (Å²) in [5.74, 6) is -1.26. The van der Waals surface area contributed by atoms with Gasteiger partial charge in [0.05, 0.1) is 5.02 Å². The van der Waals surface area contributed by atoms with Crippen molar-refractivity contribution < 1.29 is 14.3 Å². The minimum atomic E-state index is -0.994. The first-order chi connectivity index (χ1) is 9.38. The van der Waals surface area contributed by atoms with Crippen molar-refractivity contribution in [2.24, 2.45) is 0 Å². The number of benzene rings is 1. The van der Waals surface area contributed by atoms with Crippen molar-refractivity contribution in [1.29, 1.82) is 0 Å². The van der Waals surface area contributed by atoms with Gasteiger partial charge in [-0.3, -0.25) is 0 Å². The van der Waals surface area contributed by atoms with E-state index < -0.39 is 11.8 Å². The monoisotopic (exact) mass is 295 g/mol. The van der Waals surface area contributed by atoms with E-state index in [0.717, 1.165) is 5.56 Å². The van der Waals surface area contributed by atoms with Gasteiger partial charge in [0.2, 0.25) is 0 Å². The summed E-state index contributed by atoms with van der Waals surface area (Å²) in [6.45, 7) is 4.28. The topological polar surface area (TPSA) is 42.2 Å². The molecule has 0 atom stereocenters. The molecule has 0 saturated carbocycles. The number of halogens is 2. The fourth-order valence-corrected chi connectivity index (χ4v) is 2.11. The maximum atomic E-state index is 13.4. The van der Waals surface area contributed by atoms with E-state index in [0.29, 0.717) is 12.1 Å². The first-order valence-corrected chi connectivity index (χ1v) is 6.63. The van der Waals surface area contributed by atoms with E-state index in [2.05, 4.69) is 0 Å². The van der Waals surface area contributed by atoms with Crippen molar-refractivity contribution in [3.05, 3.63) is 58.1 Å². The maximum Gasteiger partial charge on any atom is 0.352 e. The lowest BCUT2D eigenvalue weighted by Crippen LogP contribution is -2.08. The molecule has 0 bridgehead atoms. The van der Waals surface area contributed by atoms with E-state index >= 15 is 0 Å². The first-order valence-electron chi connectivity index (χ1n) is 6.25. The number of aromatic carboxylic acids is 1. The average molecular weight is 296 g/mol. The molecule has 0 unspecified atom stereocenters. The van der Waals surface area contributed by atoms with Crippen molar-refractivity contribution in [3.8, 4) is 0 Å². The summed E-state index contributed by atoms with van der Waals surface area (Å²) in [6.07, 6.45) is 1.79. The van der Waals surface area contributed by atoms with Gasteiger partial charge in [-0.15, -0.1) is 0 Å². The molecule has 1 aromatic heterocycles. The molecule has 0 amide bonds. The number of hydrogen-bond donors (Lipinski definition) is 1. The van der Waals surface area contributed by atoms with Gasteiger partial charge in [0.25, 0.3) is 0 Å². The van der Waals surface area contributed by atoms with Gasteiger partial charge >= 0.3 is 5.97 Å². The molecule has 3 nitrogen and oxygen atoms in total. The van der Waals surface area contributed by atoms with Crippen LogP contribution in [0.15, 0.2) is 30.5 Å². The van der Waals surface area contributed by atoms with Gasteiger partial charge in [-0.1, -0.05) is 31.5 Å². The van der Waals surface area contributed by atoms with Crippen molar-refractivity contribution in [2.45, 2.75) is 26.3 Å². The van der Waals surface area contributed by atoms with Crippen LogP contribution < -0.4 is 0 Å². The lowest BCUT2D eigenvalue weighted by Gasteiger charge is -2.07. The standard InChI is InChI=1S/C15H15ClFNO2/c1-9(2)11-6-14(15(19)20)18(8-11)7-10-3-4-12(16)13(17)5-10/h3-6,8-9H,7H2,1-2H3,(H,19,20). The number of hydrogen-bond acceptors (Lipinski definition) is 1. The number of aromatic nitrogens is 1. The lowest BCUT2D eigenvalue weighted by atomic mass is 10.1. The van der Waals surface area contributed by atoms with Gasteiger partial charge in [-0.05, 0) is 35.2 Å². The van der Waals surface area contributed by atoms with E-state index in [1.807, 2.05) is 13.8 Å². The Kier molecular flexibility index (Phi) is 4.14. The van der Waals surface area contributed by atoms with Crippen LogP contribution in [0.5, 0.6) is 0 Å². The molecule has 0 aliphatic carbocycles. The molecule has 0 spiro atoms. The number of carboxylic acids is 1. The van der Waals surface area contributed by atoms with Gasteiger partial charge in [-0.25, -0.2) is 9.18 Å². The van der Waals surface area contributed by atoms with Crippen LogP contribution >= 0.6 is 11.6 Å². The summed E-state index contributed by atoms with van der Waals surface area (Å²) in [7, 11) is 0.